The molecule has 1 aromatic carbocycles. The number of nitrogens with two attached hydrogens (primary N) is 1. The van der Waals surface area contributed by atoms with Crippen LogP contribution >= 0.6 is 22.9 Å². The van der Waals surface area contributed by atoms with Crippen molar-refractivity contribution in [3.63, 3.8) is 0 Å². The summed E-state index contributed by atoms with van der Waals surface area (Å²) in [6.07, 6.45) is -0.496. The first-order valence-electron chi connectivity index (χ1n) is 5.38. The van der Waals surface area contributed by atoms with Gasteiger partial charge in [0.05, 0.1) is 0 Å². The summed E-state index contributed by atoms with van der Waals surface area (Å²) in [5.74, 6) is 0.315. The largest absolute Gasteiger partial charge is 0.384 e. The highest BCUT2D eigenvalue weighted by atomic mass is 35.5. The molecule has 0 saturated heterocycles. The number of halogens is 1. The summed E-state index contributed by atoms with van der Waals surface area (Å²) in [5, 5.41) is 16.4. The average Bonchev–Trinajstić information content (AvgIpc) is 2.69. The predicted octanol–water partition coefficient (Wildman–Crippen LogP) is 2.72. The van der Waals surface area contributed by atoms with Crippen LogP contribution in [0.15, 0.2) is 28.7 Å². The van der Waals surface area contributed by atoms with Gasteiger partial charge in [-0.15, -0.1) is 11.3 Å². The van der Waals surface area contributed by atoms with Crippen molar-refractivity contribution in [2.45, 2.75) is 19.6 Å². The summed E-state index contributed by atoms with van der Waals surface area (Å²) in [6, 6.07) is 5.75. The maximum absolute atomic E-state index is 8.94. The number of amidine groups is 1. The first kappa shape index (κ1) is 13.1. The first-order chi connectivity index (χ1) is 8.56. The van der Waals surface area contributed by atoms with Crippen LogP contribution in [0.3, 0.4) is 0 Å². The lowest BCUT2D eigenvalue weighted by atomic mass is 10.1. The molecular formula is C12H13ClN2O2S. The number of hydrogen-bond acceptors (Lipinski definition) is 4. The minimum Gasteiger partial charge on any atom is -0.384 e. The maximum Gasteiger partial charge on any atom is 0.221 e. The molecule has 0 radical (unpaired) electrons. The highest BCUT2D eigenvalue weighted by molar-refractivity contribution is 7.17. The fourth-order valence-corrected chi connectivity index (χ4v) is 2.68. The highest BCUT2D eigenvalue weighted by Gasteiger charge is 2.07. The molecule has 1 heterocycles. The molecule has 2 aromatic rings. The number of thiophene rings is 1. The van der Waals surface area contributed by atoms with E-state index in [1.807, 2.05) is 23.6 Å². The van der Waals surface area contributed by atoms with Crippen molar-refractivity contribution in [3.05, 3.63) is 34.2 Å². The van der Waals surface area contributed by atoms with Crippen molar-refractivity contribution < 1.29 is 9.94 Å². The van der Waals surface area contributed by atoms with E-state index in [9.17, 15) is 0 Å². The topological polar surface area (TPSA) is 67.8 Å². The SMILES string of the molecule is CC(O)O/N=C(\N)Cc1csc2ccc(Cl)cc12. The van der Waals surface area contributed by atoms with E-state index >= 15 is 0 Å². The molecule has 1 unspecified atom stereocenters. The highest BCUT2D eigenvalue weighted by Crippen LogP contribution is 2.28. The van der Waals surface area contributed by atoms with Gasteiger partial charge in [0, 0.05) is 23.1 Å². The second-order valence-corrected chi connectivity index (χ2v) is 5.21. The number of aliphatic hydroxyl groups is 1. The molecule has 3 N–H and O–H groups in total. The van der Waals surface area contributed by atoms with Gasteiger partial charge in [0.1, 0.15) is 5.84 Å². The van der Waals surface area contributed by atoms with E-state index < -0.39 is 6.29 Å². The lowest BCUT2D eigenvalue weighted by Gasteiger charge is -2.03. The first-order valence-corrected chi connectivity index (χ1v) is 6.64. The molecule has 0 bridgehead atoms. The van der Waals surface area contributed by atoms with E-state index in [1.165, 1.54) is 6.92 Å². The number of nitrogens with zero attached hydrogens (tertiary/aromatic N) is 1. The van der Waals surface area contributed by atoms with Gasteiger partial charge in [-0.25, -0.2) is 0 Å². The minimum atomic E-state index is -0.961. The van der Waals surface area contributed by atoms with Crippen molar-refractivity contribution in [3.8, 4) is 0 Å². The monoisotopic (exact) mass is 284 g/mol. The zero-order chi connectivity index (χ0) is 13.1. The van der Waals surface area contributed by atoms with Crippen LogP contribution in [-0.4, -0.2) is 17.2 Å². The Morgan fingerprint density at radius 1 is 1.61 bits per heavy atom. The third-order valence-electron chi connectivity index (χ3n) is 2.31. The normalized spacial score (nSPS) is 13.8. The number of aliphatic hydroxyl groups excluding tert-OH is 1. The van der Waals surface area contributed by atoms with Gasteiger partial charge in [0.25, 0.3) is 0 Å². The van der Waals surface area contributed by atoms with Crippen LogP contribution in [0, 0.1) is 0 Å². The van der Waals surface area contributed by atoms with Crippen LogP contribution in [0.1, 0.15) is 12.5 Å². The Bertz CT molecular complexity index is 580. The Labute approximate surface area is 114 Å². The maximum atomic E-state index is 8.94. The van der Waals surface area contributed by atoms with Gasteiger partial charge >= 0.3 is 0 Å². The Balaban J connectivity index is 2.21. The summed E-state index contributed by atoms with van der Waals surface area (Å²) < 4.78 is 1.15. The average molecular weight is 285 g/mol. The number of fused-ring (bicyclic) bond motifs is 1. The molecule has 18 heavy (non-hydrogen) atoms. The van der Waals surface area contributed by atoms with E-state index in [0.717, 1.165) is 15.6 Å². The molecule has 2 rings (SSSR count). The molecule has 0 aliphatic rings. The number of hydrogen-bond donors (Lipinski definition) is 2. The van der Waals surface area contributed by atoms with E-state index in [-0.39, 0.29) is 0 Å². The van der Waals surface area contributed by atoms with Crippen LogP contribution in [-0.2, 0) is 11.3 Å². The molecule has 0 saturated carbocycles. The Morgan fingerprint density at radius 3 is 3.11 bits per heavy atom. The minimum absolute atomic E-state index is 0.315. The molecule has 0 aliphatic heterocycles. The lowest BCUT2D eigenvalue weighted by molar-refractivity contribution is -0.0840. The van der Waals surface area contributed by atoms with Gasteiger partial charge < -0.3 is 15.7 Å². The van der Waals surface area contributed by atoms with E-state index in [0.29, 0.717) is 17.3 Å². The second kappa shape index (κ2) is 5.56. The Hall–Kier alpha value is -1.30. The van der Waals surface area contributed by atoms with Crippen LogP contribution in [0.5, 0.6) is 0 Å². The van der Waals surface area contributed by atoms with Crippen molar-refractivity contribution in [1.82, 2.24) is 0 Å². The molecule has 6 heteroatoms. The van der Waals surface area contributed by atoms with Gasteiger partial charge in [-0.2, -0.15) is 0 Å². The van der Waals surface area contributed by atoms with Crippen LogP contribution in [0.4, 0.5) is 0 Å². The van der Waals surface area contributed by atoms with E-state index in [2.05, 4.69) is 9.99 Å². The van der Waals surface area contributed by atoms with Crippen molar-refractivity contribution >= 4 is 38.9 Å². The molecular weight excluding hydrogens is 272 g/mol. The van der Waals surface area contributed by atoms with Gasteiger partial charge in [-0.1, -0.05) is 16.8 Å². The third kappa shape index (κ3) is 3.13. The summed E-state index contributed by atoms with van der Waals surface area (Å²) in [4.78, 5) is 4.68. The number of rotatable bonds is 4. The molecule has 0 fully saturated rings. The molecule has 1 atom stereocenters. The fraction of sp³-hybridized carbons (Fsp3) is 0.250. The van der Waals surface area contributed by atoms with Crippen molar-refractivity contribution in [1.29, 1.82) is 0 Å². The number of benzene rings is 1. The zero-order valence-corrected chi connectivity index (χ0v) is 11.3. The van der Waals surface area contributed by atoms with Gasteiger partial charge in [0.15, 0.2) is 0 Å². The van der Waals surface area contributed by atoms with E-state index in [4.69, 9.17) is 22.4 Å². The van der Waals surface area contributed by atoms with Crippen LogP contribution in [0.25, 0.3) is 10.1 Å². The Morgan fingerprint density at radius 2 is 2.39 bits per heavy atom. The molecule has 0 spiro atoms. The molecule has 0 aliphatic carbocycles. The van der Waals surface area contributed by atoms with Gasteiger partial charge in [-0.3, -0.25) is 0 Å². The summed E-state index contributed by atoms with van der Waals surface area (Å²) in [6.45, 7) is 1.47. The van der Waals surface area contributed by atoms with Crippen LogP contribution in [0.2, 0.25) is 5.02 Å². The number of oxime groups is 1. The van der Waals surface area contributed by atoms with Gasteiger partial charge in [0.2, 0.25) is 6.29 Å². The Kier molecular flexibility index (Phi) is 4.06. The summed E-state index contributed by atoms with van der Waals surface area (Å²) >= 11 is 7.60. The quantitative estimate of drug-likeness (QED) is 0.393. The fourth-order valence-electron chi connectivity index (χ4n) is 1.56. The lowest BCUT2D eigenvalue weighted by Crippen LogP contribution is -2.16. The third-order valence-corrected chi connectivity index (χ3v) is 3.56. The summed E-state index contributed by atoms with van der Waals surface area (Å²) in [5.41, 5.74) is 6.78. The second-order valence-electron chi connectivity index (χ2n) is 3.87. The predicted molar refractivity (Wildman–Crippen MR) is 74.9 cm³/mol. The van der Waals surface area contributed by atoms with Crippen LogP contribution < -0.4 is 5.73 Å². The smallest absolute Gasteiger partial charge is 0.221 e. The molecule has 4 nitrogen and oxygen atoms in total. The molecule has 96 valence electrons. The van der Waals surface area contributed by atoms with Crippen molar-refractivity contribution in [2.24, 2.45) is 10.9 Å². The van der Waals surface area contributed by atoms with Crippen molar-refractivity contribution in [2.75, 3.05) is 0 Å². The van der Waals surface area contributed by atoms with Gasteiger partial charge in [-0.05, 0) is 34.5 Å². The molecule has 1 aromatic heterocycles. The summed E-state index contributed by atoms with van der Waals surface area (Å²) in [7, 11) is 0. The molecule has 0 amide bonds. The zero-order valence-electron chi connectivity index (χ0n) is 9.76. The standard InChI is InChI=1S/C12H13ClN2O2S/c1-7(16)17-15-12(14)4-8-6-18-11-3-2-9(13)5-10(8)11/h2-3,5-7,16H,4H2,1H3,(H2,14,15). The van der Waals surface area contributed by atoms with E-state index in [1.54, 1.807) is 11.3 Å².